The number of fused-ring (bicyclic) bond motifs is 1. The molecule has 1 aliphatic rings. The molecule has 0 aliphatic carbocycles. The number of imide groups is 1. The Bertz CT molecular complexity index is 461. The molecular formula is C13H14ClNO3. The highest BCUT2D eigenvalue weighted by molar-refractivity contribution is 6.17. The van der Waals surface area contributed by atoms with Crippen LogP contribution in [0.1, 0.15) is 23.2 Å². The molecule has 0 aromatic heterocycles. The van der Waals surface area contributed by atoms with E-state index in [2.05, 4.69) is 0 Å². The van der Waals surface area contributed by atoms with Gasteiger partial charge in [-0.05, 0) is 25.0 Å². The molecule has 0 bridgehead atoms. The second-order valence-electron chi connectivity index (χ2n) is 4.03. The molecule has 4 nitrogen and oxygen atoms in total. The summed E-state index contributed by atoms with van der Waals surface area (Å²) in [5.74, 6) is 0.410. The zero-order valence-corrected chi connectivity index (χ0v) is 10.7. The SMILES string of the molecule is O=C1COc2ccccc2C(=O)N1CCCCCl. The van der Waals surface area contributed by atoms with Crippen molar-refractivity contribution in [3.63, 3.8) is 0 Å². The van der Waals surface area contributed by atoms with Crippen LogP contribution in [0, 0.1) is 0 Å². The zero-order chi connectivity index (χ0) is 13.0. The zero-order valence-electron chi connectivity index (χ0n) is 9.89. The number of rotatable bonds is 4. The fourth-order valence-corrected chi connectivity index (χ4v) is 2.02. The number of alkyl halides is 1. The van der Waals surface area contributed by atoms with E-state index in [0.29, 0.717) is 30.2 Å². The molecule has 1 heterocycles. The standard InChI is InChI=1S/C13H14ClNO3/c14-7-3-4-8-15-12(16)9-18-11-6-2-1-5-10(11)13(15)17/h1-2,5-6H,3-4,7-9H2. The molecule has 96 valence electrons. The number of hydrogen-bond acceptors (Lipinski definition) is 3. The Morgan fingerprint density at radius 1 is 1.22 bits per heavy atom. The van der Waals surface area contributed by atoms with E-state index in [-0.39, 0.29) is 18.4 Å². The largest absolute Gasteiger partial charge is 0.483 e. The lowest BCUT2D eigenvalue weighted by atomic mass is 10.1. The van der Waals surface area contributed by atoms with E-state index in [1.54, 1.807) is 24.3 Å². The molecule has 18 heavy (non-hydrogen) atoms. The molecule has 0 unspecified atom stereocenters. The summed E-state index contributed by atoms with van der Waals surface area (Å²) < 4.78 is 5.33. The molecule has 0 N–H and O–H groups in total. The average molecular weight is 268 g/mol. The third-order valence-electron chi connectivity index (χ3n) is 2.78. The summed E-state index contributed by atoms with van der Waals surface area (Å²) in [4.78, 5) is 25.3. The highest BCUT2D eigenvalue weighted by Crippen LogP contribution is 2.23. The monoisotopic (exact) mass is 267 g/mol. The summed E-state index contributed by atoms with van der Waals surface area (Å²) in [6, 6.07) is 6.90. The van der Waals surface area contributed by atoms with Gasteiger partial charge in [0.25, 0.3) is 11.8 Å². The number of carbonyl (C=O) groups is 2. The van der Waals surface area contributed by atoms with E-state index >= 15 is 0 Å². The maximum Gasteiger partial charge on any atom is 0.267 e. The Balaban J connectivity index is 2.20. The van der Waals surface area contributed by atoms with E-state index in [0.717, 1.165) is 6.42 Å². The lowest BCUT2D eigenvalue weighted by Gasteiger charge is -2.17. The Morgan fingerprint density at radius 2 is 2.00 bits per heavy atom. The summed E-state index contributed by atoms with van der Waals surface area (Å²) >= 11 is 5.59. The lowest BCUT2D eigenvalue weighted by Crippen LogP contribution is -2.38. The van der Waals surface area contributed by atoms with Crippen molar-refractivity contribution >= 4 is 23.4 Å². The van der Waals surface area contributed by atoms with Gasteiger partial charge in [0.05, 0.1) is 5.56 Å². The van der Waals surface area contributed by atoms with Gasteiger partial charge in [-0.1, -0.05) is 12.1 Å². The second-order valence-corrected chi connectivity index (χ2v) is 4.41. The maximum atomic E-state index is 12.2. The van der Waals surface area contributed by atoms with Gasteiger partial charge < -0.3 is 4.74 Å². The molecule has 1 aromatic carbocycles. The predicted octanol–water partition coefficient (Wildman–Crippen LogP) is 2.07. The summed E-state index contributed by atoms with van der Waals surface area (Å²) in [6.45, 7) is 0.297. The molecule has 1 aromatic rings. The third kappa shape index (κ3) is 2.64. The average Bonchev–Trinajstić information content (AvgIpc) is 2.51. The molecule has 0 saturated heterocycles. The lowest BCUT2D eigenvalue weighted by molar-refractivity contribution is -0.130. The van der Waals surface area contributed by atoms with Crippen molar-refractivity contribution in [1.29, 1.82) is 0 Å². The smallest absolute Gasteiger partial charge is 0.267 e. The number of nitrogens with zero attached hydrogens (tertiary/aromatic N) is 1. The van der Waals surface area contributed by atoms with Gasteiger partial charge in [-0.3, -0.25) is 14.5 Å². The van der Waals surface area contributed by atoms with Crippen molar-refractivity contribution in [2.24, 2.45) is 0 Å². The highest BCUT2D eigenvalue weighted by atomic mass is 35.5. The van der Waals surface area contributed by atoms with Crippen LogP contribution in [0.25, 0.3) is 0 Å². The van der Waals surface area contributed by atoms with Crippen molar-refractivity contribution in [1.82, 2.24) is 4.90 Å². The van der Waals surface area contributed by atoms with Crippen molar-refractivity contribution in [3.8, 4) is 5.75 Å². The molecule has 0 atom stereocenters. The molecule has 5 heteroatoms. The first-order valence-corrected chi connectivity index (χ1v) is 6.40. The topological polar surface area (TPSA) is 46.6 Å². The fourth-order valence-electron chi connectivity index (χ4n) is 1.84. The third-order valence-corrected chi connectivity index (χ3v) is 3.05. The fraction of sp³-hybridized carbons (Fsp3) is 0.385. The van der Waals surface area contributed by atoms with Crippen LogP contribution in [0.3, 0.4) is 0 Å². The Hall–Kier alpha value is -1.55. The second kappa shape index (κ2) is 5.87. The molecule has 2 amide bonds. The number of ether oxygens (including phenoxy) is 1. The van der Waals surface area contributed by atoms with Crippen molar-refractivity contribution in [2.45, 2.75) is 12.8 Å². The summed E-state index contributed by atoms with van der Waals surface area (Å²) in [5.41, 5.74) is 0.439. The maximum absolute atomic E-state index is 12.2. The Morgan fingerprint density at radius 3 is 2.78 bits per heavy atom. The van der Waals surface area contributed by atoms with Crippen LogP contribution in [0.4, 0.5) is 0 Å². The first kappa shape index (κ1) is 12.9. The number of benzene rings is 1. The number of hydrogen-bond donors (Lipinski definition) is 0. The van der Waals surface area contributed by atoms with Crippen LogP contribution >= 0.6 is 11.6 Å². The molecule has 0 spiro atoms. The molecule has 0 saturated carbocycles. The quantitative estimate of drug-likeness (QED) is 0.477. The van der Waals surface area contributed by atoms with E-state index in [1.807, 2.05) is 0 Å². The molecular weight excluding hydrogens is 254 g/mol. The molecule has 1 aliphatic heterocycles. The van der Waals surface area contributed by atoms with Gasteiger partial charge in [-0.2, -0.15) is 0 Å². The summed E-state index contributed by atoms with van der Waals surface area (Å²) in [5, 5.41) is 0. The van der Waals surface area contributed by atoms with E-state index in [1.165, 1.54) is 4.90 Å². The van der Waals surface area contributed by atoms with Gasteiger partial charge in [0, 0.05) is 12.4 Å². The number of amides is 2. The van der Waals surface area contributed by atoms with Crippen LogP contribution < -0.4 is 4.74 Å². The predicted molar refractivity (Wildman–Crippen MR) is 67.9 cm³/mol. The normalized spacial score (nSPS) is 15.1. The minimum atomic E-state index is -0.300. The number of para-hydroxylation sites is 1. The van der Waals surface area contributed by atoms with Crippen molar-refractivity contribution in [3.05, 3.63) is 29.8 Å². The van der Waals surface area contributed by atoms with Crippen LogP contribution in [-0.2, 0) is 4.79 Å². The summed E-state index contributed by atoms with van der Waals surface area (Å²) in [6.07, 6.45) is 1.49. The number of halogens is 1. The minimum absolute atomic E-state index is 0.0936. The number of unbranched alkanes of at least 4 members (excludes halogenated alkanes) is 1. The molecule has 0 radical (unpaired) electrons. The molecule has 0 fully saturated rings. The van der Waals surface area contributed by atoms with Gasteiger partial charge >= 0.3 is 0 Å². The first-order valence-electron chi connectivity index (χ1n) is 5.86. The van der Waals surface area contributed by atoms with E-state index < -0.39 is 0 Å². The van der Waals surface area contributed by atoms with E-state index in [9.17, 15) is 9.59 Å². The summed E-state index contributed by atoms with van der Waals surface area (Å²) in [7, 11) is 0. The molecule has 2 rings (SSSR count). The van der Waals surface area contributed by atoms with Crippen molar-refractivity contribution in [2.75, 3.05) is 19.0 Å². The van der Waals surface area contributed by atoms with Gasteiger partial charge in [-0.15, -0.1) is 11.6 Å². The van der Waals surface area contributed by atoms with Gasteiger partial charge in [-0.25, -0.2) is 0 Å². The van der Waals surface area contributed by atoms with Crippen LogP contribution in [0.5, 0.6) is 5.75 Å². The Kier molecular flexibility index (Phi) is 4.20. The van der Waals surface area contributed by atoms with Gasteiger partial charge in [0.1, 0.15) is 5.75 Å². The van der Waals surface area contributed by atoms with E-state index in [4.69, 9.17) is 16.3 Å². The highest BCUT2D eigenvalue weighted by Gasteiger charge is 2.28. The van der Waals surface area contributed by atoms with Gasteiger partial charge in [0.15, 0.2) is 6.61 Å². The Labute approximate surface area is 110 Å². The van der Waals surface area contributed by atoms with Crippen molar-refractivity contribution < 1.29 is 14.3 Å². The van der Waals surface area contributed by atoms with Crippen LogP contribution in [0.2, 0.25) is 0 Å². The first-order chi connectivity index (χ1) is 8.74. The number of carbonyl (C=O) groups excluding carboxylic acids is 2. The minimum Gasteiger partial charge on any atom is -0.483 e. The van der Waals surface area contributed by atoms with Gasteiger partial charge in [0.2, 0.25) is 0 Å². The van der Waals surface area contributed by atoms with Crippen LogP contribution in [-0.4, -0.2) is 35.7 Å². The van der Waals surface area contributed by atoms with Crippen LogP contribution in [0.15, 0.2) is 24.3 Å².